The number of aliphatic carboxylic acids is 1. The summed E-state index contributed by atoms with van der Waals surface area (Å²) >= 11 is 0. The average molecular weight is 292 g/mol. The zero-order valence-electron chi connectivity index (χ0n) is 13.1. The van der Waals surface area contributed by atoms with Gasteiger partial charge in [0.25, 0.3) is 0 Å². The molecule has 0 radical (unpaired) electrons. The number of hydrogen-bond donors (Lipinski definition) is 2. The number of nitrogens with one attached hydrogen (secondary N) is 1. The summed E-state index contributed by atoms with van der Waals surface area (Å²) in [4.78, 5) is 24.1. The topological polar surface area (TPSA) is 69.6 Å². The molecular weight excluding hydrogens is 268 g/mol. The second-order valence-electron chi connectivity index (χ2n) is 5.34. The zero-order valence-corrected chi connectivity index (χ0v) is 13.1. The second kappa shape index (κ2) is 7.78. The van der Waals surface area contributed by atoms with Crippen molar-refractivity contribution >= 4 is 11.9 Å². The van der Waals surface area contributed by atoms with E-state index in [1.54, 1.807) is 6.92 Å². The van der Waals surface area contributed by atoms with Crippen molar-refractivity contribution in [1.82, 2.24) is 10.2 Å². The molecule has 0 aliphatic rings. The van der Waals surface area contributed by atoms with Gasteiger partial charge in [-0.1, -0.05) is 18.2 Å². The first kappa shape index (κ1) is 17.2. The van der Waals surface area contributed by atoms with Gasteiger partial charge < -0.3 is 10.4 Å². The van der Waals surface area contributed by atoms with Crippen LogP contribution in [0, 0.1) is 13.8 Å². The third-order valence-corrected chi connectivity index (χ3v) is 3.68. The molecule has 0 aromatic heterocycles. The van der Waals surface area contributed by atoms with Gasteiger partial charge in [0, 0.05) is 26.6 Å². The summed E-state index contributed by atoms with van der Waals surface area (Å²) in [5.41, 5.74) is 3.45. The molecule has 116 valence electrons. The van der Waals surface area contributed by atoms with Crippen LogP contribution in [0.25, 0.3) is 0 Å². The van der Waals surface area contributed by atoms with Crippen LogP contribution >= 0.6 is 0 Å². The molecule has 1 rings (SSSR count). The lowest BCUT2D eigenvalue weighted by atomic mass is 10.0. The van der Waals surface area contributed by atoms with Gasteiger partial charge in [0.1, 0.15) is 6.04 Å². The van der Waals surface area contributed by atoms with Gasteiger partial charge in [-0.25, -0.2) is 0 Å². The van der Waals surface area contributed by atoms with Crippen molar-refractivity contribution in [2.75, 3.05) is 13.1 Å². The van der Waals surface area contributed by atoms with E-state index < -0.39 is 12.0 Å². The van der Waals surface area contributed by atoms with Crippen LogP contribution in [0.4, 0.5) is 0 Å². The average Bonchev–Trinajstić information content (AvgIpc) is 2.39. The van der Waals surface area contributed by atoms with Gasteiger partial charge in [0.2, 0.25) is 5.91 Å². The van der Waals surface area contributed by atoms with E-state index in [-0.39, 0.29) is 5.91 Å². The number of benzene rings is 1. The van der Waals surface area contributed by atoms with Crippen LogP contribution in [0.15, 0.2) is 18.2 Å². The molecule has 0 saturated heterocycles. The maximum atomic E-state index is 11.3. The minimum atomic E-state index is -0.857. The third kappa shape index (κ3) is 5.19. The van der Waals surface area contributed by atoms with E-state index in [4.69, 9.17) is 0 Å². The Morgan fingerprint density at radius 1 is 1.29 bits per heavy atom. The summed E-state index contributed by atoms with van der Waals surface area (Å²) in [6, 6.07) is 5.45. The Kier molecular flexibility index (Phi) is 6.37. The first-order valence-electron chi connectivity index (χ1n) is 7.09. The molecule has 2 N–H and O–H groups in total. The van der Waals surface area contributed by atoms with E-state index in [2.05, 4.69) is 5.32 Å². The Bertz CT molecular complexity index is 494. The van der Waals surface area contributed by atoms with Crippen LogP contribution < -0.4 is 5.32 Å². The van der Waals surface area contributed by atoms with Gasteiger partial charge >= 0.3 is 5.97 Å². The van der Waals surface area contributed by atoms with Crippen LogP contribution in [0.3, 0.4) is 0 Å². The number of rotatable bonds is 7. The number of carboxylic acids is 1. The first-order chi connectivity index (χ1) is 9.82. The van der Waals surface area contributed by atoms with Gasteiger partial charge in [0.05, 0.1) is 0 Å². The number of aryl methyl sites for hydroxylation is 2. The van der Waals surface area contributed by atoms with Crippen molar-refractivity contribution in [1.29, 1.82) is 0 Å². The summed E-state index contributed by atoms with van der Waals surface area (Å²) in [7, 11) is 0. The highest BCUT2D eigenvalue weighted by atomic mass is 16.4. The molecule has 0 fully saturated rings. The molecule has 5 nitrogen and oxygen atoms in total. The fourth-order valence-corrected chi connectivity index (χ4v) is 2.24. The van der Waals surface area contributed by atoms with Crippen molar-refractivity contribution in [3.05, 3.63) is 34.9 Å². The van der Waals surface area contributed by atoms with Crippen LogP contribution in [0.2, 0.25) is 0 Å². The number of carbonyl (C=O) groups is 2. The molecule has 1 unspecified atom stereocenters. The van der Waals surface area contributed by atoms with E-state index >= 15 is 0 Å². The van der Waals surface area contributed by atoms with E-state index in [9.17, 15) is 14.7 Å². The van der Waals surface area contributed by atoms with Crippen molar-refractivity contribution in [2.45, 2.75) is 40.3 Å². The number of hydrogen-bond acceptors (Lipinski definition) is 3. The van der Waals surface area contributed by atoms with Crippen LogP contribution in [0.5, 0.6) is 0 Å². The SMILES string of the molecule is CC(=O)NCCN(Cc1c(C)cccc1C)C(C)C(=O)O. The Morgan fingerprint density at radius 2 is 1.86 bits per heavy atom. The molecule has 1 atom stereocenters. The number of nitrogens with zero attached hydrogens (tertiary/aromatic N) is 1. The molecule has 0 saturated carbocycles. The lowest BCUT2D eigenvalue weighted by Crippen LogP contribution is -2.43. The van der Waals surface area contributed by atoms with Gasteiger partial charge in [-0.2, -0.15) is 0 Å². The highest BCUT2D eigenvalue weighted by Gasteiger charge is 2.21. The molecule has 1 aromatic rings. The predicted molar refractivity (Wildman–Crippen MR) is 82.1 cm³/mol. The summed E-state index contributed by atoms with van der Waals surface area (Å²) < 4.78 is 0. The fourth-order valence-electron chi connectivity index (χ4n) is 2.24. The first-order valence-corrected chi connectivity index (χ1v) is 7.09. The largest absolute Gasteiger partial charge is 0.480 e. The van der Waals surface area contributed by atoms with Crippen LogP contribution in [-0.4, -0.2) is 41.0 Å². The summed E-state index contributed by atoms with van der Waals surface area (Å²) in [5, 5.41) is 12.0. The smallest absolute Gasteiger partial charge is 0.320 e. The Balaban J connectivity index is 2.86. The summed E-state index contributed by atoms with van der Waals surface area (Å²) in [5.74, 6) is -0.964. The van der Waals surface area contributed by atoms with Gasteiger partial charge in [-0.05, 0) is 37.5 Å². The fraction of sp³-hybridized carbons (Fsp3) is 0.500. The summed E-state index contributed by atoms with van der Waals surface area (Å²) in [6.45, 7) is 8.68. The van der Waals surface area contributed by atoms with E-state index in [0.717, 1.165) is 16.7 Å². The molecule has 0 aliphatic heterocycles. The molecule has 0 bridgehead atoms. The molecule has 21 heavy (non-hydrogen) atoms. The lowest BCUT2D eigenvalue weighted by molar-refractivity contribution is -0.142. The maximum Gasteiger partial charge on any atom is 0.320 e. The van der Waals surface area contributed by atoms with Crippen molar-refractivity contribution in [3.63, 3.8) is 0 Å². The van der Waals surface area contributed by atoms with Crippen molar-refractivity contribution in [3.8, 4) is 0 Å². The minimum Gasteiger partial charge on any atom is -0.480 e. The lowest BCUT2D eigenvalue weighted by Gasteiger charge is -2.27. The normalized spacial score (nSPS) is 12.2. The van der Waals surface area contributed by atoms with Crippen molar-refractivity contribution < 1.29 is 14.7 Å². The van der Waals surface area contributed by atoms with Gasteiger partial charge in [-0.15, -0.1) is 0 Å². The second-order valence-corrected chi connectivity index (χ2v) is 5.34. The maximum absolute atomic E-state index is 11.3. The number of carboxylic acid groups (broad SMARTS) is 1. The highest BCUT2D eigenvalue weighted by Crippen LogP contribution is 2.17. The van der Waals surface area contributed by atoms with E-state index in [1.807, 2.05) is 36.9 Å². The monoisotopic (exact) mass is 292 g/mol. The predicted octanol–water partition coefficient (Wildman–Crippen LogP) is 1.71. The molecule has 5 heteroatoms. The van der Waals surface area contributed by atoms with Crippen LogP contribution in [0.1, 0.15) is 30.5 Å². The van der Waals surface area contributed by atoms with Gasteiger partial charge in [-0.3, -0.25) is 14.5 Å². The van der Waals surface area contributed by atoms with Crippen molar-refractivity contribution in [2.24, 2.45) is 0 Å². The molecule has 0 aliphatic carbocycles. The number of amides is 1. The molecule has 1 aromatic carbocycles. The van der Waals surface area contributed by atoms with Gasteiger partial charge in [0.15, 0.2) is 0 Å². The minimum absolute atomic E-state index is 0.106. The summed E-state index contributed by atoms with van der Waals surface area (Å²) in [6.07, 6.45) is 0. The quantitative estimate of drug-likeness (QED) is 0.803. The Hall–Kier alpha value is -1.88. The molecule has 0 heterocycles. The molecular formula is C16H24N2O3. The molecule has 0 spiro atoms. The third-order valence-electron chi connectivity index (χ3n) is 3.68. The molecule has 1 amide bonds. The zero-order chi connectivity index (χ0) is 16.0. The Morgan fingerprint density at radius 3 is 2.33 bits per heavy atom. The standard InChI is InChI=1S/C16H24N2O3/c1-11-6-5-7-12(2)15(11)10-18(13(3)16(20)21)9-8-17-14(4)19/h5-7,13H,8-10H2,1-4H3,(H,17,19)(H,20,21). The highest BCUT2D eigenvalue weighted by molar-refractivity contribution is 5.73. The van der Waals surface area contributed by atoms with Crippen LogP contribution in [-0.2, 0) is 16.1 Å². The Labute approximate surface area is 126 Å². The van der Waals surface area contributed by atoms with E-state index in [1.165, 1.54) is 6.92 Å². The van der Waals surface area contributed by atoms with E-state index in [0.29, 0.717) is 19.6 Å². The number of carbonyl (C=O) groups excluding carboxylic acids is 1.